The minimum absolute atomic E-state index is 0.0977. The summed E-state index contributed by atoms with van der Waals surface area (Å²) in [5.74, 6) is 0. The Bertz CT molecular complexity index is 770. The number of hydrogen-bond donors (Lipinski definition) is 2. The first-order chi connectivity index (χ1) is 13.6. The Kier molecular flexibility index (Phi) is 9.22. The van der Waals surface area contributed by atoms with Gasteiger partial charge in [0.15, 0.2) is 0 Å². The van der Waals surface area contributed by atoms with Crippen LogP contribution < -0.4 is 11.2 Å². The minimum atomic E-state index is -0.727. The highest BCUT2D eigenvalue weighted by Gasteiger charge is 2.35. The summed E-state index contributed by atoms with van der Waals surface area (Å²) in [6, 6.07) is -0.578. The maximum Gasteiger partial charge on any atom is 0.330 e. The van der Waals surface area contributed by atoms with Crippen molar-refractivity contribution in [2.24, 2.45) is 5.11 Å². The molecule has 0 aromatic carbocycles. The molecule has 1 saturated heterocycles. The molecule has 2 rings (SSSR count). The van der Waals surface area contributed by atoms with Gasteiger partial charge in [-0.3, -0.25) is 14.3 Å². The number of unbranched alkanes of at least 4 members (excludes halogenated alkanes) is 5. The van der Waals surface area contributed by atoms with E-state index in [1.807, 2.05) is 0 Å². The average molecular weight is 395 g/mol. The fourth-order valence-electron chi connectivity index (χ4n) is 3.25. The molecule has 2 N–H and O–H groups in total. The number of rotatable bonds is 12. The van der Waals surface area contributed by atoms with Gasteiger partial charge in [-0.05, 0) is 12.0 Å². The normalized spacial score (nSPS) is 21.6. The molecule has 0 aliphatic carbocycles. The predicted molar refractivity (Wildman–Crippen MR) is 103 cm³/mol. The van der Waals surface area contributed by atoms with Gasteiger partial charge >= 0.3 is 5.69 Å². The zero-order valence-electron chi connectivity index (χ0n) is 16.2. The van der Waals surface area contributed by atoms with E-state index in [1.54, 1.807) is 0 Å². The van der Waals surface area contributed by atoms with Crippen LogP contribution in [0.2, 0.25) is 0 Å². The summed E-state index contributed by atoms with van der Waals surface area (Å²) in [6.07, 6.45) is 7.13. The quantitative estimate of drug-likeness (QED) is 0.242. The molecule has 1 aliphatic heterocycles. The summed E-state index contributed by atoms with van der Waals surface area (Å²) in [5.41, 5.74) is 7.83. The van der Waals surface area contributed by atoms with Crippen molar-refractivity contribution in [2.75, 3.05) is 13.2 Å². The molecule has 0 amide bonds. The topological polar surface area (TPSA) is 142 Å². The van der Waals surface area contributed by atoms with E-state index >= 15 is 0 Å². The van der Waals surface area contributed by atoms with Crippen molar-refractivity contribution in [3.05, 3.63) is 43.0 Å². The standard InChI is InChI=1S/C18H29N5O5/c1-2-3-4-5-6-7-8-27-12-13-10-23(18(26)20-17(13)25)16-9-14(21-22-19)15(11-24)28-16/h10,14-16,24H,2-9,11-12H2,1H3,(H,20,25,26)/t14-,15+,16?/m0/s1. The lowest BCUT2D eigenvalue weighted by molar-refractivity contribution is -0.0274. The van der Waals surface area contributed by atoms with Crippen molar-refractivity contribution in [1.82, 2.24) is 9.55 Å². The van der Waals surface area contributed by atoms with E-state index in [-0.39, 0.29) is 19.6 Å². The molecule has 0 saturated carbocycles. The lowest BCUT2D eigenvalue weighted by atomic mass is 10.1. The van der Waals surface area contributed by atoms with E-state index in [9.17, 15) is 14.7 Å². The van der Waals surface area contributed by atoms with Crippen LogP contribution in [0, 0.1) is 0 Å². The van der Waals surface area contributed by atoms with Gasteiger partial charge in [0.2, 0.25) is 0 Å². The fraction of sp³-hybridized carbons (Fsp3) is 0.778. The molecule has 0 bridgehead atoms. The molecule has 0 radical (unpaired) electrons. The van der Waals surface area contributed by atoms with Crippen molar-refractivity contribution in [1.29, 1.82) is 0 Å². The third-order valence-electron chi connectivity index (χ3n) is 4.84. The van der Waals surface area contributed by atoms with Crippen LogP contribution in [-0.4, -0.2) is 40.0 Å². The number of nitrogens with one attached hydrogen (secondary N) is 1. The van der Waals surface area contributed by atoms with Gasteiger partial charge in [-0.25, -0.2) is 4.79 Å². The molecule has 1 aromatic rings. The molecule has 2 heterocycles. The van der Waals surface area contributed by atoms with Gasteiger partial charge < -0.3 is 14.6 Å². The summed E-state index contributed by atoms with van der Waals surface area (Å²) in [6.45, 7) is 2.50. The van der Waals surface area contributed by atoms with Crippen LogP contribution in [-0.2, 0) is 16.1 Å². The van der Waals surface area contributed by atoms with Crippen molar-refractivity contribution in [3.8, 4) is 0 Å². The zero-order chi connectivity index (χ0) is 20.4. The predicted octanol–water partition coefficient (Wildman–Crippen LogP) is 2.37. The van der Waals surface area contributed by atoms with Crippen molar-refractivity contribution >= 4 is 0 Å². The monoisotopic (exact) mass is 395 g/mol. The zero-order valence-corrected chi connectivity index (χ0v) is 16.2. The highest BCUT2D eigenvalue weighted by atomic mass is 16.5. The van der Waals surface area contributed by atoms with Crippen molar-refractivity contribution in [3.63, 3.8) is 0 Å². The lowest BCUT2D eigenvalue weighted by Crippen LogP contribution is -2.34. The Morgan fingerprint density at radius 1 is 1.36 bits per heavy atom. The molecule has 1 fully saturated rings. The third kappa shape index (κ3) is 6.20. The van der Waals surface area contributed by atoms with Gasteiger partial charge in [-0.1, -0.05) is 44.1 Å². The van der Waals surface area contributed by atoms with E-state index in [0.29, 0.717) is 12.2 Å². The summed E-state index contributed by atoms with van der Waals surface area (Å²) < 4.78 is 12.4. The first-order valence-corrected chi connectivity index (χ1v) is 9.83. The van der Waals surface area contributed by atoms with Crippen LogP contribution in [0.1, 0.15) is 63.7 Å². The summed E-state index contributed by atoms with van der Waals surface area (Å²) in [7, 11) is 0. The molecule has 1 aliphatic rings. The summed E-state index contributed by atoms with van der Waals surface area (Å²) in [5, 5.41) is 13.0. The van der Waals surface area contributed by atoms with Crippen molar-refractivity contribution < 1.29 is 14.6 Å². The minimum Gasteiger partial charge on any atom is -0.394 e. The van der Waals surface area contributed by atoms with Gasteiger partial charge in [-0.2, -0.15) is 0 Å². The van der Waals surface area contributed by atoms with Gasteiger partial charge in [0.05, 0.1) is 30.9 Å². The number of aliphatic hydroxyl groups excluding tert-OH is 1. The largest absolute Gasteiger partial charge is 0.394 e. The van der Waals surface area contributed by atoms with Crippen LogP contribution in [0.15, 0.2) is 20.9 Å². The highest BCUT2D eigenvalue weighted by molar-refractivity contribution is 5.04. The molecule has 28 heavy (non-hydrogen) atoms. The van der Waals surface area contributed by atoms with Gasteiger partial charge in [0.1, 0.15) is 6.23 Å². The Labute approximate surface area is 163 Å². The molecule has 1 aromatic heterocycles. The van der Waals surface area contributed by atoms with E-state index in [4.69, 9.17) is 15.0 Å². The fourth-order valence-corrected chi connectivity index (χ4v) is 3.25. The molecular weight excluding hydrogens is 366 g/mol. The van der Waals surface area contributed by atoms with E-state index in [0.717, 1.165) is 12.8 Å². The van der Waals surface area contributed by atoms with Gasteiger partial charge in [-0.15, -0.1) is 0 Å². The van der Waals surface area contributed by atoms with E-state index < -0.39 is 29.6 Å². The second-order valence-electron chi connectivity index (χ2n) is 6.96. The SMILES string of the molecule is CCCCCCCCOCc1cn(C2C[C@H](N=[N+]=[N-])[C@@H](CO)O2)c(=O)[nH]c1=O. The molecule has 156 valence electrons. The highest BCUT2D eigenvalue weighted by Crippen LogP contribution is 2.29. The number of aromatic nitrogens is 2. The van der Waals surface area contributed by atoms with E-state index in [1.165, 1.54) is 36.4 Å². The molecule has 1 unspecified atom stereocenters. The molecule has 0 spiro atoms. The number of ether oxygens (including phenoxy) is 2. The number of azide groups is 1. The Morgan fingerprint density at radius 2 is 2.11 bits per heavy atom. The van der Waals surface area contributed by atoms with Crippen LogP contribution in [0.4, 0.5) is 0 Å². The Hall–Kier alpha value is -2.13. The Morgan fingerprint density at radius 3 is 2.82 bits per heavy atom. The van der Waals surface area contributed by atoms with Crippen LogP contribution in [0.3, 0.4) is 0 Å². The molecule has 3 atom stereocenters. The molecular formula is C18H29N5O5. The van der Waals surface area contributed by atoms with Gasteiger partial charge in [0.25, 0.3) is 5.56 Å². The lowest BCUT2D eigenvalue weighted by Gasteiger charge is -2.15. The van der Waals surface area contributed by atoms with Crippen LogP contribution in [0.25, 0.3) is 10.4 Å². The molecule has 10 nitrogen and oxygen atoms in total. The van der Waals surface area contributed by atoms with Gasteiger partial charge in [0, 0.05) is 24.1 Å². The second-order valence-corrected chi connectivity index (χ2v) is 6.96. The third-order valence-corrected chi connectivity index (χ3v) is 4.84. The number of H-pyrrole nitrogens is 1. The second kappa shape index (κ2) is 11.7. The summed E-state index contributed by atoms with van der Waals surface area (Å²) >= 11 is 0. The molecule has 10 heteroatoms. The first-order valence-electron chi connectivity index (χ1n) is 9.83. The van der Waals surface area contributed by atoms with Crippen LogP contribution >= 0.6 is 0 Å². The summed E-state index contributed by atoms with van der Waals surface area (Å²) in [4.78, 5) is 29.2. The Balaban J connectivity index is 1.94. The van der Waals surface area contributed by atoms with Crippen LogP contribution in [0.5, 0.6) is 0 Å². The van der Waals surface area contributed by atoms with E-state index in [2.05, 4.69) is 21.9 Å². The average Bonchev–Trinajstić information content (AvgIpc) is 3.08. The smallest absolute Gasteiger partial charge is 0.330 e. The number of aliphatic hydroxyl groups is 1. The van der Waals surface area contributed by atoms with Crippen molar-refractivity contribution in [2.45, 2.75) is 76.9 Å². The number of hydrogen-bond acceptors (Lipinski definition) is 6. The first kappa shape index (κ1) is 22.2. The number of nitrogens with zero attached hydrogens (tertiary/aromatic N) is 4. The number of aromatic amines is 1. The maximum absolute atomic E-state index is 12.2. The maximum atomic E-state index is 12.2.